The van der Waals surface area contributed by atoms with Crippen LogP contribution in [0.4, 0.5) is 0 Å². The number of benzene rings is 1. The van der Waals surface area contributed by atoms with E-state index in [9.17, 15) is 0 Å². The highest BCUT2D eigenvalue weighted by atomic mass is 79.9. The maximum absolute atomic E-state index is 6.13. The molecule has 3 rings (SSSR count). The lowest BCUT2D eigenvalue weighted by Crippen LogP contribution is -2.15. The van der Waals surface area contributed by atoms with Gasteiger partial charge in [-0.05, 0) is 25.3 Å². The second kappa shape index (κ2) is 4.52. The number of aryl methyl sites for hydroxylation is 1. The maximum Gasteiger partial charge on any atom is 0.125 e. The van der Waals surface area contributed by atoms with Crippen LogP contribution in [0.15, 0.2) is 28.7 Å². The minimum atomic E-state index is 0.187. The summed E-state index contributed by atoms with van der Waals surface area (Å²) < 4.78 is 1.10. The number of thiazole rings is 1. The molecule has 1 heterocycles. The van der Waals surface area contributed by atoms with Gasteiger partial charge in [-0.3, -0.25) is 0 Å². The predicted octanol–water partition coefficient (Wildman–Crippen LogP) is 3.91. The lowest BCUT2D eigenvalue weighted by molar-refractivity contribution is 0.573. The molecule has 0 aliphatic heterocycles. The second-order valence-corrected chi connectivity index (χ2v) is 6.19. The number of halogens is 1. The quantitative estimate of drug-likeness (QED) is 0.867. The van der Waals surface area contributed by atoms with Gasteiger partial charge in [-0.1, -0.05) is 34.1 Å². The Morgan fingerprint density at radius 2 is 2.18 bits per heavy atom. The van der Waals surface area contributed by atoms with Gasteiger partial charge in [-0.25, -0.2) is 4.98 Å². The molecule has 1 aromatic carbocycles. The summed E-state index contributed by atoms with van der Waals surface area (Å²) in [5.41, 5.74) is 8.51. The molecule has 0 saturated heterocycles. The molecule has 2 aromatic rings. The highest BCUT2D eigenvalue weighted by Gasteiger charge is 2.22. The molecule has 1 atom stereocenters. The van der Waals surface area contributed by atoms with Gasteiger partial charge in [0.05, 0.1) is 5.69 Å². The maximum atomic E-state index is 6.13. The van der Waals surface area contributed by atoms with Crippen LogP contribution in [-0.2, 0) is 6.42 Å². The van der Waals surface area contributed by atoms with Gasteiger partial charge in [0.2, 0.25) is 0 Å². The molecule has 0 radical (unpaired) electrons. The van der Waals surface area contributed by atoms with E-state index in [1.54, 1.807) is 11.3 Å². The zero-order valence-electron chi connectivity index (χ0n) is 9.32. The smallest absolute Gasteiger partial charge is 0.125 e. The van der Waals surface area contributed by atoms with Crippen molar-refractivity contribution in [1.82, 2.24) is 4.98 Å². The van der Waals surface area contributed by atoms with Crippen LogP contribution in [0, 0.1) is 0 Å². The second-order valence-electron chi connectivity index (χ2n) is 4.31. The first-order valence-electron chi connectivity index (χ1n) is 5.76. The fourth-order valence-corrected chi connectivity index (χ4v) is 3.99. The molecule has 1 aromatic heterocycles. The van der Waals surface area contributed by atoms with Gasteiger partial charge in [0, 0.05) is 21.0 Å². The first-order valence-corrected chi connectivity index (χ1v) is 7.37. The van der Waals surface area contributed by atoms with Crippen LogP contribution in [0.5, 0.6) is 0 Å². The van der Waals surface area contributed by atoms with Crippen LogP contribution in [0.2, 0.25) is 0 Å². The van der Waals surface area contributed by atoms with Gasteiger partial charge in [0.15, 0.2) is 0 Å². The molecular weight excluding hydrogens is 296 g/mol. The molecule has 2 N–H and O–H groups in total. The summed E-state index contributed by atoms with van der Waals surface area (Å²) in [6, 6.07) is 8.40. The minimum Gasteiger partial charge on any atom is -0.323 e. The molecular formula is C13H13BrN2S. The Morgan fingerprint density at radius 1 is 1.35 bits per heavy atom. The first-order chi connectivity index (χ1) is 8.25. The Balaban J connectivity index is 2.08. The van der Waals surface area contributed by atoms with E-state index >= 15 is 0 Å². The van der Waals surface area contributed by atoms with E-state index in [1.165, 1.54) is 16.1 Å². The highest BCUT2D eigenvalue weighted by molar-refractivity contribution is 9.10. The van der Waals surface area contributed by atoms with Gasteiger partial charge < -0.3 is 5.73 Å². The van der Waals surface area contributed by atoms with E-state index in [4.69, 9.17) is 10.7 Å². The average Bonchev–Trinajstić information content (AvgIpc) is 2.75. The summed E-state index contributed by atoms with van der Waals surface area (Å²) in [5.74, 6) is 0. The van der Waals surface area contributed by atoms with Gasteiger partial charge in [0.1, 0.15) is 5.01 Å². The fourth-order valence-electron chi connectivity index (χ4n) is 2.20. The third-order valence-corrected chi connectivity index (χ3v) is 5.05. The third kappa shape index (κ3) is 2.05. The number of nitrogens with two attached hydrogens (primary N) is 1. The molecule has 4 heteroatoms. The number of rotatable bonds is 1. The van der Waals surface area contributed by atoms with E-state index in [-0.39, 0.29) is 6.04 Å². The summed E-state index contributed by atoms with van der Waals surface area (Å²) >= 11 is 5.32. The zero-order valence-corrected chi connectivity index (χ0v) is 11.7. The van der Waals surface area contributed by atoms with E-state index in [1.807, 2.05) is 12.1 Å². The van der Waals surface area contributed by atoms with Crippen LogP contribution in [-0.4, -0.2) is 4.98 Å². The zero-order chi connectivity index (χ0) is 11.8. The summed E-state index contributed by atoms with van der Waals surface area (Å²) in [6.07, 6.45) is 3.32. The predicted molar refractivity (Wildman–Crippen MR) is 75.1 cm³/mol. The van der Waals surface area contributed by atoms with E-state index < -0.39 is 0 Å². The van der Waals surface area contributed by atoms with Gasteiger partial charge in [0.25, 0.3) is 0 Å². The lowest BCUT2D eigenvalue weighted by atomic mass is 9.99. The molecule has 0 amide bonds. The number of aromatic nitrogens is 1. The molecule has 2 nitrogen and oxygen atoms in total. The van der Waals surface area contributed by atoms with Crippen molar-refractivity contribution >= 4 is 27.3 Å². The number of hydrogen-bond donors (Lipinski definition) is 1. The molecule has 0 bridgehead atoms. The van der Waals surface area contributed by atoms with E-state index in [2.05, 4.69) is 28.1 Å². The topological polar surface area (TPSA) is 38.9 Å². The van der Waals surface area contributed by atoms with Gasteiger partial charge in [-0.2, -0.15) is 0 Å². The van der Waals surface area contributed by atoms with Crippen molar-refractivity contribution in [2.24, 2.45) is 5.73 Å². The minimum absolute atomic E-state index is 0.187. The molecule has 0 spiro atoms. The van der Waals surface area contributed by atoms with Crippen molar-refractivity contribution in [1.29, 1.82) is 0 Å². The Labute approximate surface area is 113 Å². The van der Waals surface area contributed by atoms with Crippen molar-refractivity contribution in [3.63, 3.8) is 0 Å². The number of fused-ring (bicyclic) bond motifs is 1. The summed E-state index contributed by atoms with van der Waals surface area (Å²) in [5, 5.41) is 1.08. The van der Waals surface area contributed by atoms with E-state index in [0.717, 1.165) is 28.7 Å². The Morgan fingerprint density at radius 3 is 2.94 bits per heavy atom. The summed E-state index contributed by atoms with van der Waals surface area (Å²) in [6.45, 7) is 0. The molecule has 1 aliphatic carbocycles. The standard InChI is InChI=1S/C13H13BrN2S/c14-9-5-2-1-4-8(9)13-16-11-7-3-6-10(15)12(11)17-13/h1-2,4-5,10H,3,6-7,15H2/t10-/m1/s1. The largest absolute Gasteiger partial charge is 0.323 e. The average molecular weight is 309 g/mol. The van der Waals surface area contributed by atoms with Crippen molar-refractivity contribution in [2.45, 2.75) is 25.3 Å². The van der Waals surface area contributed by atoms with Crippen molar-refractivity contribution < 1.29 is 0 Å². The summed E-state index contributed by atoms with van der Waals surface area (Å²) in [7, 11) is 0. The molecule has 1 aliphatic rings. The van der Waals surface area contributed by atoms with Crippen molar-refractivity contribution in [3.05, 3.63) is 39.3 Å². The van der Waals surface area contributed by atoms with Crippen molar-refractivity contribution in [2.75, 3.05) is 0 Å². The van der Waals surface area contributed by atoms with Crippen LogP contribution >= 0.6 is 27.3 Å². The highest BCUT2D eigenvalue weighted by Crippen LogP contribution is 2.38. The Hall–Kier alpha value is -0.710. The van der Waals surface area contributed by atoms with Crippen LogP contribution in [0.25, 0.3) is 10.6 Å². The summed E-state index contributed by atoms with van der Waals surface area (Å²) in [4.78, 5) is 6.02. The fraction of sp³-hybridized carbons (Fsp3) is 0.308. The Kier molecular flexibility index (Phi) is 3.03. The van der Waals surface area contributed by atoms with Crippen molar-refractivity contribution in [3.8, 4) is 10.6 Å². The lowest BCUT2D eigenvalue weighted by Gasteiger charge is -2.15. The normalized spacial score (nSPS) is 19.1. The van der Waals surface area contributed by atoms with E-state index in [0.29, 0.717) is 0 Å². The van der Waals surface area contributed by atoms with Crippen LogP contribution < -0.4 is 5.73 Å². The van der Waals surface area contributed by atoms with Crippen LogP contribution in [0.1, 0.15) is 29.5 Å². The van der Waals surface area contributed by atoms with Crippen LogP contribution in [0.3, 0.4) is 0 Å². The number of hydrogen-bond acceptors (Lipinski definition) is 3. The van der Waals surface area contributed by atoms with Gasteiger partial charge in [-0.15, -0.1) is 11.3 Å². The third-order valence-electron chi connectivity index (χ3n) is 3.10. The molecule has 88 valence electrons. The molecule has 0 unspecified atom stereocenters. The monoisotopic (exact) mass is 308 g/mol. The first kappa shape index (κ1) is 11.4. The SMILES string of the molecule is N[C@@H]1CCCc2nc(-c3ccccc3Br)sc21. The van der Waals surface area contributed by atoms with Gasteiger partial charge >= 0.3 is 0 Å². The molecule has 0 saturated carbocycles. The Bertz CT molecular complexity index is 550. The number of nitrogens with zero attached hydrogens (tertiary/aromatic N) is 1. The molecule has 0 fully saturated rings. The molecule has 17 heavy (non-hydrogen) atoms.